The minimum atomic E-state index is -0.960. The molecule has 5 amide bonds. The van der Waals surface area contributed by atoms with Crippen molar-refractivity contribution in [3.8, 4) is 0 Å². The van der Waals surface area contributed by atoms with E-state index in [-0.39, 0.29) is 30.4 Å². The first kappa shape index (κ1) is 31.1. The minimum absolute atomic E-state index is 0.101. The number of nitrogens with one attached hydrogen (secondary N) is 3. The van der Waals surface area contributed by atoms with Crippen LogP contribution in [-0.4, -0.2) is 59.4 Å². The van der Waals surface area contributed by atoms with Crippen molar-refractivity contribution in [1.82, 2.24) is 15.5 Å². The Bertz CT molecular complexity index is 1080. The minimum Gasteiger partial charge on any atom is -0.450 e. The number of ether oxygens (including phenoxy) is 1. The number of carbonyl (C=O) groups excluding carboxylic acids is 5. The van der Waals surface area contributed by atoms with Gasteiger partial charge in [0.2, 0.25) is 11.8 Å². The van der Waals surface area contributed by atoms with Crippen LogP contribution < -0.4 is 16.0 Å². The van der Waals surface area contributed by atoms with Crippen molar-refractivity contribution >= 4 is 35.4 Å². The van der Waals surface area contributed by atoms with E-state index in [1.54, 1.807) is 18.2 Å². The molecule has 3 rings (SSSR count). The van der Waals surface area contributed by atoms with Crippen LogP contribution in [0.3, 0.4) is 0 Å². The Morgan fingerprint density at radius 1 is 0.925 bits per heavy atom. The van der Waals surface area contributed by atoms with Crippen molar-refractivity contribution in [1.29, 1.82) is 0 Å². The summed E-state index contributed by atoms with van der Waals surface area (Å²) in [7, 11) is 0. The number of hydrogen-bond acceptors (Lipinski definition) is 7. The normalized spacial score (nSPS) is 17.1. The van der Waals surface area contributed by atoms with E-state index in [0.717, 1.165) is 43.4 Å². The summed E-state index contributed by atoms with van der Waals surface area (Å²) < 4.78 is 5.19. The predicted octanol–water partition coefficient (Wildman–Crippen LogP) is 4.93. The summed E-state index contributed by atoms with van der Waals surface area (Å²) in [6.45, 7) is 6.93. The van der Waals surface area contributed by atoms with Gasteiger partial charge in [-0.25, -0.2) is 4.79 Å². The molecule has 0 aromatic heterocycles. The Balaban J connectivity index is 1.25. The Morgan fingerprint density at radius 3 is 2.17 bits per heavy atom. The molecule has 10 heteroatoms. The van der Waals surface area contributed by atoms with Crippen molar-refractivity contribution in [2.45, 2.75) is 109 Å². The molecule has 1 unspecified atom stereocenters. The quantitative estimate of drug-likeness (QED) is 0.206. The van der Waals surface area contributed by atoms with Crippen molar-refractivity contribution in [3.63, 3.8) is 0 Å². The van der Waals surface area contributed by atoms with Crippen molar-refractivity contribution in [2.75, 3.05) is 18.5 Å². The van der Waals surface area contributed by atoms with Gasteiger partial charge in [-0.15, -0.1) is 0 Å². The summed E-state index contributed by atoms with van der Waals surface area (Å²) in [5.74, 6) is -1.97. The molecule has 1 atom stereocenters. The van der Waals surface area contributed by atoms with Crippen LogP contribution in [-0.2, 0) is 14.3 Å². The molecule has 0 saturated carbocycles. The number of rotatable bonds is 15. The summed E-state index contributed by atoms with van der Waals surface area (Å²) in [6, 6.07) is 4.16. The van der Waals surface area contributed by atoms with E-state index < -0.39 is 23.8 Å². The fourth-order valence-corrected chi connectivity index (χ4v) is 5.03. The van der Waals surface area contributed by atoms with Crippen LogP contribution in [0.25, 0.3) is 0 Å². The van der Waals surface area contributed by atoms with Crippen LogP contribution in [0.4, 0.5) is 10.5 Å². The average molecular weight is 557 g/mol. The van der Waals surface area contributed by atoms with Crippen molar-refractivity contribution in [2.24, 2.45) is 0 Å². The highest BCUT2D eigenvalue weighted by Crippen LogP contribution is 2.32. The van der Waals surface area contributed by atoms with Crippen LogP contribution in [0, 0.1) is 0 Å². The number of alkyl carbamates (subject to hydrolysis) is 1. The Hall–Kier alpha value is -3.43. The molecule has 0 aliphatic carbocycles. The van der Waals surface area contributed by atoms with Crippen LogP contribution in [0.5, 0.6) is 0 Å². The molecule has 0 bridgehead atoms. The topological polar surface area (TPSA) is 134 Å². The summed E-state index contributed by atoms with van der Waals surface area (Å²) in [5.41, 5.74) is 0.919. The average Bonchev–Trinajstić information content (AvgIpc) is 3.13. The van der Waals surface area contributed by atoms with Gasteiger partial charge < -0.3 is 15.4 Å². The van der Waals surface area contributed by atoms with Gasteiger partial charge in [-0.3, -0.25) is 29.4 Å². The lowest BCUT2D eigenvalue weighted by Gasteiger charge is -2.27. The zero-order valence-corrected chi connectivity index (χ0v) is 24.1. The van der Waals surface area contributed by atoms with Crippen LogP contribution in [0.2, 0.25) is 0 Å². The number of amides is 5. The summed E-state index contributed by atoms with van der Waals surface area (Å²) in [4.78, 5) is 62.4. The van der Waals surface area contributed by atoms with Crippen LogP contribution >= 0.6 is 0 Å². The number of unbranched alkanes of at least 4 members (excludes halogenated alkanes) is 9. The van der Waals surface area contributed by atoms with Gasteiger partial charge in [0.05, 0.1) is 17.7 Å². The third-order valence-electron chi connectivity index (χ3n) is 7.06. The second-order valence-corrected chi connectivity index (χ2v) is 11.6. The number of nitrogens with zero attached hydrogens (tertiary/aromatic N) is 1. The maximum atomic E-state index is 13.1. The molecule has 1 saturated heterocycles. The number of hydrogen-bond donors (Lipinski definition) is 3. The highest BCUT2D eigenvalue weighted by Gasteiger charge is 2.45. The molecule has 1 fully saturated rings. The molecule has 1 aromatic rings. The van der Waals surface area contributed by atoms with Gasteiger partial charge in [0, 0.05) is 24.2 Å². The molecule has 2 heterocycles. The van der Waals surface area contributed by atoms with E-state index in [2.05, 4.69) is 16.0 Å². The smallest absolute Gasteiger partial charge is 0.407 e. The molecule has 0 spiro atoms. The van der Waals surface area contributed by atoms with E-state index in [1.165, 1.54) is 25.7 Å². The second kappa shape index (κ2) is 14.8. The molecular formula is C30H44N4O6. The summed E-state index contributed by atoms with van der Waals surface area (Å²) in [6.07, 6.45) is 11.0. The molecule has 2 aliphatic heterocycles. The third-order valence-corrected chi connectivity index (χ3v) is 7.06. The molecule has 220 valence electrons. The highest BCUT2D eigenvalue weighted by molar-refractivity contribution is 6.25. The largest absolute Gasteiger partial charge is 0.450 e. The number of piperidine rings is 1. The maximum Gasteiger partial charge on any atom is 0.407 e. The summed E-state index contributed by atoms with van der Waals surface area (Å²) in [5, 5.41) is 8.31. The standard InChI is InChI=1S/C30H44N4O6/c1-30(2,3)33-29(39)40-20-13-11-9-7-5-4-6-8-10-12-19-31-22-16-14-15-21-25(22)28(38)34(27(21)37)23-17-18-24(35)32-26(23)36/h14-16,23,31H,4-13,17-20H2,1-3H3,(H,33,39)(H,32,35,36). The third kappa shape index (κ3) is 9.06. The van der Waals surface area contributed by atoms with E-state index in [0.29, 0.717) is 30.0 Å². The molecule has 2 aliphatic rings. The molecule has 0 radical (unpaired) electrons. The zero-order chi connectivity index (χ0) is 29.1. The molecule has 3 N–H and O–H groups in total. The number of imide groups is 2. The summed E-state index contributed by atoms with van der Waals surface area (Å²) >= 11 is 0. The van der Waals surface area contributed by atoms with Crippen LogP contribution in [0.1, 0.15) is 119 Å². The van der Waals surface area contributed by atoms with E-state index in [1.807, 2.05) is 20.8 Å². The molecule has 10 nitrogen and oxygen atoms in total. The van der Waals surface area contributed by atoms with Gasteiger partial charge in [-0.1, -0.05) is 57.4 Å². The van der Waals surface area contributed by atoms with Crippen molar-refractivity contribution < 1.29 is 28.7 Å². The SMILES string of the molecule is CC(C)(C)NC(=O)OCCCCCCCCCCCCNc1cccc2c1C(=O)N(C1CCC(=O)NC1=O)C2=O. The van der Waals surface area contributed by atoms with Gasteiger partial charge in [0.15, 0.2) is 0 Å². The highest BCUT2D eigenvalue weighted by atomic mass is 16.5. The van der Waals surface area contributed by atoms with E-state index in [4.69, 9.17) is 4.74 Å². The predicted molar refractivity (Wildman–Crippen MR) is 152 cm³/mol. The van der Waals surface area contributed by atoms with Crippen LogP contribution in [0.15, 0.2) is 18.2 Å². The second-order valence-electron chi connectivity index (χ2n) is 11.6. The van der Waals surface area contributed by atoms with Gasteiger partial charge >= 0.3 is 6.09 Å². The first-order valence-corrected chi connectivity index (χ1v) is 14.6. The monoisotopic (exact) mass is 556 g/mol. The molecule has 40 heavy (non-hydrogen) atoms. The fourth-order valence-electron chi connectivity index (χ4n) is 5.03. The van der Waals surface area contributed by atoms with Gasteiger partial charge in [-0.2, -0.15) is 0 Å². The molecule has 1 aromatic carbocycles. The van der Waals surface area contributed by atoms with Gasteiger partial charge in [0.1, 0.15) is 6.04 Å². The lowest BCUT2D eigenvalue weighted by molar-refractivity contribution is -0.136. The number of benzene rings is 1. The lowest BCUT2D eigenvalue weighted by Crippen LogP contribution is -2.54. The van der Waals surface area contributed by atoms with Gasteiger partial charge in [-0.05, 0) is 52.2 Å². The maximum absolute atomic E-state index is 13.1. The number of carbonyl (C=O) groups is 5. The zero-order valence-electron chi connectivity index (χ0n) is 24.1. The molecular weight excluding hydrogens is 512 g/mol. The Kier molecular flexibility index (Phi) is 11.5. The van der Waals surface area contributed by atoms with E-state index in [9.17, 15) is 24.0 Å². The Morgan fingerprint density at radius 2 is 1.55 bits per heavy atom. The number of anilines is 1. The number of fused-ring (bicyclic) bond motifs is 1. The first-order valence-electron chi connectivity index (χ1n) is 14.6. The van der Waals surface area contributed by atoms with E-state index >= 15 is 0 Å². The fraction of sp³-hybridized carbons (Fsp3) is 0.633. The Labute approximate surface area is 237 Å². The first-order chi connectivity index (χ1) is 19.1. The van der Waals surface area contributed by atoms with Crippen molar-refractivity contribution in [3.05, 3.63) is 29.3 Å². The lowest BCUT2D eigenvalue weighted by atomic mass is 10.0. The van der Waals surface area contributed by atoms with Gasteiger partial charge in [0.25, 0.3) is 11.8 Å².